The number of aryl methyl sites for hydroxylation is 1. The van der Waals surface area contributed by atoms with Gasteiger partial charge in [-0.15, -0.1) is 5.10 Å². The summed E-state index contributed by atoms with van der Waals surface area (Å²) in [6.07, 6.45) is 4.80. The fraction of sp³-hybridized carbons (Fsp3) is 0.727. The molecular formula is C11H18N4O2. The molecular weight excluding hydrogens is 220 g/mol. The van der Waals surface area contributed by atoms with Crippen LogP contribution in [0.25, 0.3) is 0 Å². The predicted molar refractivity (Wildman–Crippen MR) is 61.3 cm³/mol. The van der Waals surface area contributed by atoms with E-state index in [4.69, 9.17) is 4.74 Å². The second-order valence-corrected chi connectivity index (χ2v) is 4.14. The second kappa shape index (κ2) is 5.77. The number of morpholine rings is 1. The fourth-order valence-corrected chi connectivity index (χ4v) is 2.03. The first-order valence-corrected chi connectivity index (χ1v) is 6.02. The van der Waals surface area contributed by atoms with Gasteiger partial charge in [0.2, 0.25) is 5.91 Å². The van der Waals surface area contributed by atoms with Crippen molar-refractivity contribution in [3.8, 4) is 0 Å². The molecule has 6 nitrogen and oxygen atoms in total. The molecule has 1 fully saturated rings. The molecule has 6 heteroatoms. The first kappa shape index (κ1) is 12.0. The molecule has 0 aromatic carbocycles. The Labute approximate surface area is 101 Å². The maximum atomic E-state index is 12.1. The third kappa shape index (κ3) is 3.03. The van der Waals surface area contributed by atoms with Crippen LogP contribution in [-0.2, 0) is 16.1 Å². The van der Waals surface area contributed by atoms with Gasteiger partial charge in [0.05, 0.1) is 32.0 Å². The van der Waals surface area contributed by atoms with E-state index in [0.717, 1.165) is 6.42 Å². The van der Waals surface area contributed by atoms with Gasteiger partial charge in [0, 0.05) is 19.2 Å². The number of nitrogens with zero attached hydrogens (tertiary/aromatic N) is 4. The lowest BCUT2D eigenvalue weighted by Crippen LogP contribution is -2.48. The highest BCUT2D eigenvalue weighted by atomic mass is 16.5. The van der Waals surface area contributed by atoms with Crippen LogP contribution in [0.1, 0.15) is 19.8 Å². The zero-order valence-corrected chi connectivity index (χ0v) is 10.1. The Morgan fingerprint density at radius 2 is 2.47 bits per heavy atom. The summed E-state index contributed by atoms with van der Waals surface area (Å²) in [7, 11) is 0. The van der Waals surface area contributed by atoms with Gasteiger partial charge in [0.25, 0.3) is 0 Å². The highest BCUT2D eigenvalue weighted by molar-refractivity contribution is 5.76. The van der Waals surface area contributed by atoms with Gasteiger partial charge < -0.3 is 9.64 Å². The van der Waals surface area contributed by atoms with Crippen LogP contribution in [-0.4, -0.2) is 51.6 Å². The van der Waals surface area contributed by atoms with Crippen LogP contribution in [0.5, 0.6) is 0 Å². The quantitative estimate of drug-likeness (QED) is 0.757. The summed E-state index contributed by atoms with van der Waals surface area (Å²) < 4.78 is 7.06. The predicted octanol–water partition coefficient (Wildman–Crippen LogP) is 0.306. The van der Waals surface area contributed by atoms with Gasteiger partial charge in [-0.05, 0) is 6.42 Å². The van der Waals surface area contributed by atoms with Crippen LogP contribution >= 0.6 is 0 Å². The zero-order valence-electron chi connectivity index (χ0n) is 10.1. The van der Waals surface area contributed by atoms with Crippen molar-refractivity contribution in [2.45, 2.75) is 32.4 Å². The van der Waals surface area contributed by atoms with Gasteiger partial charge in [-0.25, -0.2) is 0 Å². The van der Waals surface area contributed by atoms with Gasteiger partial charge in [-0.2, -0.15) is 0 Å². The molecule has 1 saturated heterocycles. The molecule has 1 aromatic rings. The van der Waals surface area contributed by atoms with E-state index in [-0.39, 0.29) is 11.9 Å². The molecule has 1 aliphatic rings. The normalized spacial score (nSPS) is 20.5. The minimum atomic E-state index is 0.177. The van der Waals surface area contributed by atoms with Crippen molar-refractivity contribution in [1.82, 2.24) is 19.9 Å². The third-order valence-electron chi connectivity index (χ3n) is 3.05. The Morgan fingerprint density at radius 3 is 3.18 bits per heavy atom. The molecule has 0 radical (unpaired) electrons. The topological polar surface area (TPSA) is 60.2 Å². The van der Waals surface area contributed by atoms with Crippen molar-refractivity contribution in [2.24, 2.45) is 0 Å². The lowest BCUT2D eigenvalue weighted by molar-refractivity contribution is -0.140. The van der Waals surface area contributed by atoms with Crippen LogP contribution in [0, 0.1) is 0 Å². The number of carbonyl (C=O) groups is 1. The zero-order chi connectivity index (χ0) is 12.1. The molecule has 0 N–H and O–H groups in total. The lowest BCUT2D eigenvalue weighted by Gasteiger charge is -2.35. The van der Waals surface area contributed by atoms with Crippen LogP contribution < -0.4 is 0 Å². The van der Waals surface area contributed by atoms with Crippen molar-refractivity contribution in [3.63, 3.8) is 0 Å². The smallest absolute Gasteiger partial charge is 0.224 e. The Balaban J connectivity index is 1.85. The number of hydrogen-bond acceptors (Lipinski definition) is 4. The number of carbonyl (C=O) groups excluding carboxylic acids is 1. The van der Waals surface area contributed by atoms with Gasteiger partial charge in [-0.3, -0.25) is 9.48 Å². The van der Waals surface area contributed by atoms with Gasteiger partial charge in [0.1, 0.15) is 0 Å². The molecule has 17 heavy (non-hydrogen) atoms. The summed E-state index contributed by atoms with van der Waals surface area (Å²) in [5, 5.41) is 7.56. The van der Waals surface area contributed by atoms with E-state index in [0.29, 0.717) is 32.7 Å². The average molecular weight is 238 g/mol. The van der Waals surface area contributed by atoms with E-state index in [1.807, 2.05) is 4.90 Å². The molecule has 2 heterocycles. The van der Waals surface area contributed by atoms with E-state index in [1.165, 1.54) is 0 Å². The summed E-state index contributed by atoms with van der Waals surface area (Å²) in [5.74, 6) is 0.177. The maximum Gasteiger partial charge on any atom is 0.224 e. The number of ether oxygens (including phenoxy) is 1. The Bertz CT molecular complexity index is 352. The van der Waals surface area contributed by atoms with Crippen LogP contribution in [0.3, 0.4) is 0 Å². The van der Waals surface area contributed by atoms with E-state index >= 15 is 0 Å². The van der Waals surface area contributed by atoms with Crippen molar-refractivity contribution in [3.05, 3.63) is 12.4 Å². The van der Waals surface area contributed by atoms with Crippen LogP contribution in [0.15, 0.2) is 12.4 Å². The molecule has 0 aliphatic carbocycles. The van der Waals surface area contributed by atoms with Gasteiger partial charge >= 0.3 is 0 Å². The van der Waals surface area contributed by atoms with Crippen LogP contribution in [0.2, 0.25) is 0 Å². The first-order chi connectivity index (χ1) is 8.31. The summed E-state index contributed by atoms with van der Waals surface area (Å²) >= 11 is 0. The van der Waals surface area contributed by atoms with Crippen molar-refractivity contribution in [2.75, 3.05) is 19.8 Å². The van der Waals surface area contributed by atoms with Crippen molar-refractivity contribution < 1.29 is 9.53 Å². The average Bonchev–Trinajstić information content (AvgIpc) is 2.89. The number of aromatic nitrogens is 3. The maximum absolute atomic E-state index is 12.1. The Morgan fingerprint density at radius 1 is 1.59 bits per heavy atom. The third-order valence-corrected chi connectivity index (χ3v) is 3.05. The standard InChI is InChI=1S/C11H18N4O2/c1-2-10-9-17-8-7-15(10)11(16)3-5-14-6-4-12-13-14/h4,6,10H,2-3,5,7-9H2,1H3. The molecule has 94 valence electrons. The first-order valence-electron chi connectivity index (χ1n) is 6.02. The minimum absolute atomic E-state index is 0.177. The number of rotatable bonds is 4. The highest BCUT2D eigenvalue weighted by Gasteiger charge is 2.25. The largest absolute Gasteiger partial charge is 0.377 e. The molecule has 2 rings (SSSR count). The van der Waals surface area contributed by atoms with Crippen molar-refractivity contribution in [1.29, 1.82) is 0 Å². The van der Waals surface area contributed by atoms with E-state index < -0.39 is 0 Å². The number of hydrogen-bond donors (Lipinski definition) is 0. The minimum Gasteiger partial charge on any atom is -0.377 e. The fourth-order valence-electron chi connectivity index (χ4n) is 2.03. The number of amides is 1. The lowest BCUT2D eigenvalue weighted by atomic mass is 10.1. The molecule has 1 aliphatic heterocycles. The van der Waals surface area contributed by atoms with Gasteiger partial charge in [-0.1, -0.05) is 12.1 Å². The monoisotopic (exact) mass is 238 g/mol. The van der Waals surface area contributed by atoms with E-state index in [1.54, 1.807) is 17.1 Å². The SMILES string of the molecule is CCC1COCCN1C(=O)CCn1ccnn1. The second-order valence-electron chi connectivity index (χ2n) is 4.14. The molecule has 0 bridgehead atoms. The summed E-state index contributed by atoms with van der Waals surface area (Å²) in [6, 6.07) is 0.229. The molecule has 1 aromatic heterocycles. The van der Waals surface area contributed by atoms with E-state index in [9.17, 15) is 4.79 Å². The Hall–Kier alpha value is -1.43. The Kier molecular flexibility index (Phi) is 4.08. The molecule has 0 spiro atoms. The van der Waals surface area contributed by atoms with E-state index in [2.05, 4.69) is 17.2 Å². The molecule has 1 atom stereocenters. The molecule has 1 unspecified atom stereocenters. The van der Waals surface area contributed by atoms with Crippen LogP contribution in [0.4, 0.5) is 0 Å². The summed E-state index contributed by atoms with van der Waals surface area (Å²) in [4.78, 5) is 14.0. The highest BCUT2D eigenvalue weighted by Crippen LogP contribution is 2.11. The van der Waals surface area contributed by atoms with Crippen molar-refractivity contribution >= 4 is 5.91 Å². The summed E-state index contributed by atoms with van der Waals surface area (Å²) in [5.41, 5.74) is 0. The molecule has 0 saturated carbocycles. The molecule has 1 amide bonds. The van der Waals surface area contributed by atoms with Gasteiger partial charge in [0.15, 0.2) is 0 Å². The summed E-state index contributed by atoms with van der Waals surface area (Å²) in [6.45, 7) is 4.68.